The van der Waals surface area contributed by atoms with Crippen LogP contribution in [0.3, 0.4) is 0 Å². The molecular formula is C16H16N4O. The standard InChI is InChI=1S/C16H16N4O/c17-7-11-3-13-6-12(1-2-20(13)9-11)16(21)19-15-5-10-4-14(15)18-8-10/h1-3,6,9-10,14-15,18H,4-5,8H2,(H,19,21). The van der Waals surface area contributed by atoms with E-state index >= 15 is 0 Å². The maximum Gasteiger partial charge on any atom is 0.251 e. The van der Waals surface area contributed by atoms with Crippen molar-refractivity contribution >= 4 is 11.4 Å². The molecule has 21 heavy (non-hydrogen) atoms. The van der Waals surface area contributed by atoms with Gasteiger partial charge in [0.15, 0.2) is 0 Å². The van der Waals surface area contributed by atoms with Gasteiger partial charge in [-0.05, 0) is 43.5 Å². The van der Waals surface area contributed by atoms with E-state index < -0.39 is 0 Å². The summed E-state index contributed by atoms with van der Waals surface area (Å²) in [5.41, 5.74) is 2.11. The number of nitrogens with zero attached hydrogens (tertiary/aromatic N) is 2. The van der Waals surface area contributed by atoms with Gasteiger partial charge in [-0.15, -0.1) is 0 Å². The predicted molar refractivity (Wildman–Crippen MR) is 77.9 cm³/mol. The monoisotopic (exact) mass is 280 g/mol. The number of amides is 1. The average molecular weight is 280 g/mol. The molecule has 2 bridgehead atoms. The SMILES string of the molecule is N#Cc1cc2cc(C(=O)NC3CC4CNC3C4)ccn2c1. The molecule has 1 amide bonds. The lowest BCUT2D eigenvalue weighted by Gasteiger charge is -2.24. The molecule has 2 aliphatic rings. The van der Waals surface area contributed by atoms with Gasteiger partial charge in [0.05, 0.1) is 5.56 Å². The van der Waals surface area contributed by atoms with Crippen LogP contribution in [0.25, 0.3) is 5.52 Å². The van der Waals surface area contributed by atoms with Gasteiger partial charge in [0.2, 0.25) is 0 Å². The molecule has 0 radical (unpaired) electrons. The second kappa shape index (κ2) is 4.61. The Labute approximate surface area is 122 Å². The Hall–Kier alpha value is -2.32. The van der Waals surface area contributed by atoms with Crippen LogP contribution in [0.4, 0.5) is 0 Å². The predicted octanol–water partition coefficient (Wildman–Crippen LogP) is 1.29. The molecule has 2 N–H and O–H groups in total. The molecule has 1 saturated heterocycles. The molecule has 4 rings (SSSR count). The number of hydrogen-bond acceptors (Lipinski definition) is 3. The lowest BCUT2D eigenvalue weighted by molar-refractivity contribution is 0.0928. The van der Waals surface area contributed by atoms with Crippen LogP contribution in [0.15, 0.2) is 30.6 Å². The van der Waals surface area contributed by atoms with Gasteiger partial charge in [-0.1, -0.05) is 0 Å². The van der Waals surface area contributed by atoms with E-state index in [4.69, 9.17) is 5.26 Å². The maximum absolute atomic E-state index is 12.4. The normalized spacial score (nSPS) is 26.9. The van der Waals surface area contributed by atoms with E-state index in [1.165, 1.54) is 6.42 Å². The number of rotatable bonds is 2. The van der Waals surface area contributed by atoms with Gasteiger partial charge in [-0.3, -0.25) is 4.79 Å². The maximum atomic E-state index is 12.4. The van der Waals surface area contributed by atoms with E-state index in [2.05, 4.69) is 16.7 Å². The summed E-state index contributed by atoms with van der Waals surface area (Å²) in [6, 6.07) is 8.20. The third-order valence-corrected chi connectivity index (χ3v) is 4.63. The van der Waals surface area contributed by atoms with Crippen LogP contribution in [0.1, 0.15) is 28.8 Å². The van der Waals surface area contributed by atoms with Crippen molar-refractivity contribution in [2.45, 2.75) is 24.9 Å². The van der Waals surface area contributed by atoms with Crippen molar-refractivity contribution in [3.63, 3.8) is 0 Å². The number of hydrogen-bond donors (Lipinski definition) is 2. The van der Waals surface area contributed by atoms with Crippen molar-refractivity contribution in [2.24, 2.45) is 5.92 Å². The first-order valence-electron chi connectivity index (χ1n) is 7.29. The van der Waals surface area contributed by atoms with E-state index in [0.717, 1.165) is 18.5 Å². The molecule has 1 saturated carbocycles. The number of fused-ring (bicyclic) bond motifs is 3. The molecule has 106 valence electrons. The third-order valence-electron chi connectivity index (χ3n) is 4.63. The smallest absolute Gasteiger partial charge is 0.251 e. The molecule has 3 unspecified atom stereocenters. The summed E-state index contributed by atoms with van der Waals surface area (Å²) >= 11 is 0. The van der Waals surface area contributed by atoms with Crippen LogP contribution in [0, 0.1) is 17.2 Å². The molecule has 5 nitrogen and oxygen atoms in total. The van der Waals surface area contributed by atoms with E-state index in [9.17, 15) is 4.79 Å². The van der Waals surface area contributed by atoms with Crippen LogP contribution < -0.4 is 10.6 Å². The molecule has 1 aliphatic heterocycles. The fraction of sp³-hybridized carbons (Fsp3) is 0.375. The number of pyridine rings is 1. The van der Waals surface area contributed by atoms with Gasteiger partial charge in [0, 0.05) is 35.6 Å². The Balaban J connectivity index is 1.55. The van der Waals surface area contributed by atoms with Crippen molar-refractivity contribution in [1.29, 1.82) is 5.26 Å². The highest BCUT2D eigenvalue weighted by atomic mass is 16.1. The van der Waals surface area contributed by atoms with E-state index in [0.29, 0.717) is 23.1 Å². The number of piperidine rings is 1. The fourth-order valence-corrected chi connectivity index (χ4v) is 3.58. The Bertz CT molecular complexity index is 757. The Morgan fingerprint density at radius 2 is 2.33 bits per heavy atom. The Morgan fingerprint density at radius 3 is 3.05 bits per heavy atom. The second-order valence-corrected chi connectivity index (χ2v) is 6.02. The highest BCUT2D eigenvalue weighted by molar-refractivity contribution is 5.95. The van der Waals surface area contributed by atoms with Crippen LogP contribution >= 0.6 is 0 Å². The zero-order valence-electron chi connectivity index (χ0n) is 11.5. The van der Waals surface area contributed by atoms with E-state index in [1.807, 2.05) is 16.7 Å². The second-order valence-electron chi connectivity index (χ2n) is 6.02. The van der Waals surface area contributed by atoms with Crippen molar-refractivity contribution in [3.8, 4) is 6.07 Å². The first-order chi connectivity index (χ1) is 10.2. The van der Waals surface area contributed by atoms with Crippen molar-refractivity contribution in [1.82, 2.24) is 15.0 Å². The van der Waals surface area contributed by atoms with E-state index in [1.54, 1.807) is 18.3 Å². The number of nitrogens with one attached hydrogen (secondary N) is 2. The summed E-state index contributed by atoms with van der Waals surface area (Å²) in [5.74, 6) is 0.683. The van der Waals surface area contributed by atoms with Gasteiger partial charge < -0.3 is 15.0 Å². The first kappa shape index (κ1) is 12.4. The third kappa shape index (κ3) is 2.08. The molecule has 2 aromatic heterocycles. The van der Waals surface area contributed by atoms with Crippen molar-refractivity contribution in [2.75, 3.05) is 6.54 Å². The van der Waals surface area contributed by atoms with Gasteiger partial charge in [0.1, 0.15) is 6.07 Å². The number of nitriles is 1. The fourth-order valence-electron chi connectivity index (χ4n) is 3.58. The van der Waals surface area contributed by atoms with Gasteiger partial charge in [-0.25, -0.2) is 0 Å². The summed E-state index contributed by atoms with van der Waals surface area (Å²) in [7, 11) is 0. The van der Waals surface area contributed by atoms with Gasteiger partial charge in [-0.2, -0.15) is 5.26 Å². The molecule has 0 aromatic carbocycles. The largest absolute Gasteiger partial charge is 0.348 e. The van der Waals surface area contributed by atoms with E-state index in [-0.39, 0.29) is 11.9 Å². The summed E-state index contributed by atoms with van der Waals surface area (Å²) in [5, 5.41) is 15.5. The summed E-state index contributed by atoms with van der Waals surface area (Å²) in [4.78, 5) is 12.4. The zero-order valence-corrected chi connectivity index (χ0v) is 11.5. The minimum Gasteiger partial charge on any atom is -0.348 e. The van der Waals surface area contributed by atoms with Crippen LogP contribution in [-0.4, -0.2) is 28.9 Å². The highest BCUT2D eigenvalue weighted by Gasteiger charge is 2.40. The molecule has 2 fully saturated rings. The summed E-state index contributed by atoms with van der Waals surface area (Å²) < 4.78 is 1.86. The molecule has 5 heteroatoms. The Kier molecular flexibility index (Phi) is 2.72. The Morgan fingerprint density at radius 1 is 1.43 bits per heavy atom. The zero-order chi connectivity index (χ0) is 14.4. The van der Waals surface area contributed by atoms with Crippen LogP contribution in [-0.2, 0) is 0 Å². The number of carbonyl (C=O) groups is 1. The van der Waals surface area contributed by atoms with Crippen molar-refractivity contribution < 1.29 is 4.79 Å². The number of aromatic nitrogens is 1. The first-order valence-corrected chi connectivity index (χ1v) is 7.29. The molecule has 3 atom stereocenters. The van der Waals surface area contributed by atoms with Crippen LogP contribution in [0.5, 0.6) is 0 Å². The van der Waals surface area contributed by atoms with Gasteiger partial charge >= 0.3 is 0 Å². The lowest BCUT2D eigenvalue weighted by Crippen LogP contribution is -2.47. The van der Waals surface area contributed by atoms with Crippen LogP contribution in [0.2, 0.25) is 0 Å². The van der Waals surface area contributed by atoms with Gasteiger partial charge in [0.25, 0.3) is 5.91 Å². The minimum absolute atomic E-state index is 0.0310. The molecule has 1 aliphatic carbocycles. The molecule has 3 heterocycles. The summed E-state index contributed by atoms with van der Waals surface area (Å²) in [6.45, 7) is 1.09. The molecular weight excluding hydrogens is 264 g/mol. The lowest BCUT2D eigenvalue weighted by atomic mass is 10.1. The number of carbonyl (C=O) groups excluding carboxylic acids is 1. The molecule has 0 spiro atoms. The summed E-state index contributed by atoms with van der Waals surface area (Å²) in [6.07, 6.45) is 5.84. The molecule has 2 aromatic rings. The topological polar surface area (TPSA) is 69.3 Å². The minimum atomic E-state index is -0.0310. The quantitative estimate of drug-likeness (QED) is 0.871. The van der Waals surface area contributed by atoms with Crippen molar-refractivity contribution in [3.05, 3.63) is 41.7 Å². The highest BCUT2D eigenvalue weighted by Crippen LogP contribution is 2.31. The average Bonchev–Trinajstić information content (AvgIpc) is 3.20.